The van der Waals surface area contributed by atoms with Crippen LogP contribution in [-0.4, -0.2) is 80.0 Å². The summed E-state index contributed by atoms with van der Waals surface area (Å²) in [5, 5.41) is 8.66. The van der Waals surface area contributed by atoms with Crippen LogP contribution in [0.1, 0.15) is 39.2 Å². The van der Waals surface area contributed by atoms with Crippen LogP contribution in [0.2, 0.25) is 0 Å². The Hall–Kier alpha value is -3.24. The van der Waals surface area contributed by atoms with Crippen molar-refractivity contribution in [3.8, 4) is 0 Å². The number of fused-ring (bicyclic) bond motifs is 2. The molecule has 0 saturated carbocycles. The average molecular weight is 514 g/mol. The van der Waals surface area contributed by atoms with Crippen LogP contribution < -0.4 is 16.0 Å². The largest absolute Gasteiger partial charge is 0.381 e. The summed E-state index contributed by atoms with van der Waals surface area (Å²) in [5.41, 5.74) is 2.72. The number of hydrogen-bond donors (Lipinski definition) is 3. The van der Waals surface area contributed by atoms with Gasteiger partial charge in [-0.1, -0.05) is 13.8 Å². The lowest BCUT2D eigenvalue weighted by atomic mass is 9.92. The maximum Gasteiger partial charge on any atom is 0.256 e. The van der Waals surface area contributed by atoms with Gasteiger partial charge in [0.25, 0.3) is 5.91 Å². The van der Waals surface area contributed by atoms with Crippen molar-refractivity contribution in [2.45, 2.75) is 39.7 Å². The number of anilines is 2. The highest BCUT2D eigenvalue weighted by atomic mass is 19.1. The second-order valence-electron chi connectivity index (χ2n) is 9.69. The van der Waals surface area contributed by atoms with E-state index in [1.54, 1.807) is 6.08 Å². The van der Waals surface area contributed by atoms with Gasteiger partial charge in [0.15, 0.2) is 0 Å². The van der Waals surface area contributed by atoms with Crippen molar-refractivity contribution >= 4 is 34.7 Å². The van der Waals surface area contributed by atoms with Crippen molar-refractivity contribution in [2.24, 2.45) is 5.92 Å². The van der Waals surface area contributed by atoms with E-state index in [0.29, 0.717) is 23.4 Å². The number of nitrogens with one attached hydrogen (secondary N) is 3. The molecule has 1 aromatic carbocycles. The summed E-state index contributed by atoms with van der Waals surface area (Å²) >= 11 is 0. The second-order valence-corrected chi connectivity index (χ2v) is 9.69. The highest BCUT2D eigenvalue weighted by Crippen LogP contribution is 2.38. The molecule has 1 saturated heterocycles. The SMILES string of the molecule is CCN(CC)CCN1CCCC2NC(/C=C3\C(=O)Nc4cc(NC(=O)COC)c(F)cc43)=C(C)C2C1=O. The number of nitrogens with zero attached hydrogens (tertiary/aromatic N) is 2. The molecule has 0 aliphatic carbocycles. The molecular formula is C27H36FN5O4. The first-order valence-electron chi connectivity index (χ1n) is 12.9. The van der Waals surface area contributed by atoms with Gasteiger partial charge in [0, 0.05) is 44.0 Å². The fourth-order valence-corrected chi connectivity index (χ4v) is 5.36. The summed E-state index contributed by atoms with van der Waals surface area (Å²) in [6.07, 6.45) is 3.47. The third kappa shape index (κ3) is 5.55. The molecule has 3 aliphatic rings. The molecule has 0 spiro atoms. The lowest BCUT2D eigenvalue weighted by Crippen LogP contribution is -2.43. The Kier molecular flexibility index (Phi) is 8.29. The summed E-state index contributed by atoms with van der Waals surface area (Å²) in [4.78, 5) is 42.4. The first-order chi connectivity index (χ1) is 17.8. The molecule has 9 nitrogen and oxygen atoms in total. The van der Waals surface area contributed by atoms with E-state index >= 15 is 0 Å². The highest BCUT2D eigenvalue weighted by molar-refractivity contribution is 6.32. The number of likely N-dealkylation sites (N-methyl/N-ethyl adjacent to an activating group) is 1. The highest BCUT2D eigenvalue weighted by Gasteiger charge is 2.41. The number of likely N-dealkylation sites (tertiary alicyclic amines) is 1. The Labute approximate surface area is 217 Å². The number of hydrogen-bond acceptors (Lipinski definition) is 6. The van der Waals surface area contributed by atoms with Crippen molar-refractivity contribution < 1.29 is 23.5 Å². The quantitative estimate of drug-likeness (QED) is 0.439. The van der Waals surface area contributed by atoms with Crippen LogP contribution in [0.25, 0.3) is 5.57 Å². The molecule has 3 aliphatic heterocycles. The maximum absolute atomic E-state index is 14.8. The van der Waals surface area contributed by atoms with Gasteiger partial charge in [0.1, 0.15) is 12.4 Å². The van der Waals surface area contributed by atoms with Crippen molar-refractivity contribution in [3.05, 3.63) is 40.9 Å². The van der Waals surface area contributed by atoms with E-state index in [9.17, 15) is 18.8 Å². The van der Waals surface area contributed by atoms with Gasteiger partial charge in [-0.15, -0.1) is 0 Å². The molecule has 0 aromatic heterocycles. The molecular weight excluding hydrogens is 477 g/mol. The monoisotopic (exact) mass is 513 g/mol. The normalized spacial score (nSPS) is 22.2. The van der Waals surface area contributed by atoms with E-state index in [0.717, 1.165) is 50.3 Å². The van der Waals surface area contributed by atoms with Gasteiger partial charge in [-0.2, -0.15) is 0 Å². The Balaban J connectivity index is 1.57. The van der Waals surface area contributed by atoms with Crippen LogP contribution in [-0.2, 0) is 19.1 Å². The minimum atomic E-state index is -0.653. The maximum atomic E-state index is 14.8. The van der Waals surface area contributed by atoms with Crippen molar-refractivity contribution in [3.63, 3.8) is 0 Å². The zero-order valence-corrected chi connectivity index (χ0v) is 21.9. The van der Waals surface area contributed by atoms with Gasteiger partial charge < -0.3 is 30.5 Å². The zero-order chi connectivity index (χ0) is 26.7. The smallest absolute Gasteiger partial charge is 0.256 e. The predicted molar refractivity (Wildman–Crippen MR) is 140 cm³/mol. The first-order valence-corrected chi connectivity index (χ1v) is 12.9. The number of ether oxygens (including phenoxy) is 1. The number of amides is 3. The summed E-state index contributed by atoms with van der Waals surface area (Å²) in [7, 11) is 1.37. The van der Waals surface area contributed by atoms with Gasteiger partial charge in [0.05, 0.1) is 22.9 Å². The number of benzene rings is 1. The number of methoxy groups -OCH3 is 1. The Morgan fingerprint density at radius 2 is 2.05 bits per heavy atom. The van der Waals surface area contributed by atoms with Crippen LogP contribution in [0.15, 0.2) is 29.5 Å². The Bertz CT molecular complexity index is 1140. The van der Waals surface area contributed by atoms with E-state index < -0.39 is 11.7 Å². The second kappa shape index (κ2) is 11.4. The van der Waals surface area contributed by atoms with E-state index in [1.165, 1.54) is 19.2 Å². The van der Waals surface area contributed by atoms with E-state index in [-0.39, 0.29) is 36.1 Å². The standard InChI is InChI=1S/C27H36FN5O4/c1-5-32(6-2)10-11-33-9-7-8-20-25(27(33)36)16(3)21(29-20)13-18-17-12-19(28)23(30-24(34)15-37-4)14-22(17)31-26(18)35/h12-14,20,25,29H,5-11,15H2,1-4H3,(H,30,34)(H,31,35)/b18-13-. The Morgan fingerprint density at radius 3 is 2.76 bits per heavy atom. The van der Waals surface area contributed by atoms with Crippen molar-refractivity contribution in [1.82, 2.24) is 15.1 Å². The molecule has 0 radical (unpaired) electrons. The van der Waals surface area contributed by atoms with E-state index in [2.05, 4.69) is 34.7 Å². The number of carbonyl (C=O) groups excluding carboxylic acids is 3. The zero-order valence-electron chi connectivity index (χ0n) is 21.9. The fourth-order valence-electron chi connectivity index (χ4n) is 5.36. The number of carbonyl (C=O) groups is 3. The molecule has 4 rings (SSSR count). The van der Waals surface area contributed by atoms with Gasteiger partial charge in [-0.3, -0.25) is 14.4 Å². The molecule has 10 heteroatoms. The van der Waals surface area contributed by atoms with Crippen LogP contribution >= 0.6 is 0 Å². The van der Waals surface area contributed by atoms with Gasteiger partial charge in [-0.25, -0.2) is 4.39 Å². The summed E-state index contributed by atoms with van der Waals surface area (Å²) in [6.45, 7) is 10.2. The van der Waals surface area contributed by atoms with Crippen molar-refractivity contribution in [1.29, 1.82) is 0 Å². The molecule has 0 bridgehead atoms. The Morgan fingerprint density at radius 1 is 1.30 bits per heavy atom. The first kappa shape index (κ1) is 26.8. The van der Waals surface area contributed by atoms with Gasteiger partial charge >= 0.3 is 0 Å². The molecule has 3 amide bonds. The minimum Gasteiger partial charge on any atom is -0.381 e. The lowest BCUT2D eigenvalue weighted by Gasteiger charge is -2.27. The van der Waals surface area contributed by atoms with Crippen LogP contribution in [0, 0.1) is 11.7 Å². The number of allylic oxidation sites excluding steroid dienone is 1. The molecule has 2 unspecified atom stereocenters. The lowest BCUT2D eigenvalue weighted by molar-refractivity contribution is -0.134. The van der Waals surface area contributed by atoms with E-state index in [4.69, 9.17) is 4.74 Å². The minimum absolute atomic E-state index is 0.0307. The number of rotatable bonds is 9. The third-order valence-electron chi connectivity index (χ3n) is 7.46. The number of halogens is 1. The van der Waals surface area contributed by atoms with Crippen LogP contribution in [0.5, 0.6) is 0 Å². The average Bonchev–Trinajstić information content (AvgIpc) is 3.27. The third-order valence-corrected chi connectivity index (χ3v) is 7.46. The molecule has 2 atom stereocenters. The van der Waals surface area contributed by atoms with Gasteiger partial charge in [-0.05, 0) is 56.6 Å². The summed E-state index contributed by atoms with van der Waals surface area (Å²) < 4.78 is 19.6. The van der Waals surface area contributed by atoms with Crippen molar-refractivity contribution in [2.75, 3.05) is 57.1 Å². The fraction of sp³-hybridized carbons (Fsp3) is 0.519. The topological polar surface area (TPSA) is 103 Å². The molecule has 200 valence electrons. The molecule has 3 N–H and O–H groups in total. The molecule has 1 aromatic rings. The van der Waals surface area contributed by atoms with Crippen LogP contribution in [0.4, 0.5) is 15.8 Å². The summed E-state index contributed by atoms with van der Waals surface area (Å²) in [6, 6.07) is 2.61. The van der Waals surface area contributed by atoms with E-state index in [1.807, 2.05) is 11.8 Å². The van der Waals surface area contributed by atoms with Crippen LogP contribution in [0.3, 0.4) is 0 Å². The molecule has 1 fully saturated rings. The predicted octanol–water partition coefficient (Wildman–Crippen LogP) is 2.57. The molecule has 3 heterocycles. The molecule has 37 heavy (non-hydrogen) atoms. The van der Waals surface area contributed by atoms with Gasteiger partial charge in [0.2, 0.25) is 11.8 Å². The summed E-state index contributed by atoms with van der Waals surface area (Å²) in [5.74, 6) is -1.68.